The standard InChI is InChI=1S/C9H6ClN/c10-8-3-4-9-7(6-8)2-1-5-11-9/h1-6H/i2D. The van der Waals surface area contributed by atoms with Crippen LogP contribution in [0.4, 0.5) is 0 Å². The fraction of sp³-hybridized carbons (Fsp3) is 0. The molecule has 0 atom stereocenters. The normalized spacial score (nSPS) is 11.5. The Labute approximate surface area is 71.0 Å². The second-order valence-corrected chi connectivity index (χ2v) is 2.69. The lowest BCUT2D eigenvalue weighted by molar-refractivity contribution is 1.41. The summed E-state index contributed by atoms with van der Waals surface area (Å²) in [6.45, 7) is 0. The molecule has 1 heterocycles. The molecule has 0 unspecified atom stereocenters. The maximum atomic E-state index is 7.56. The smallest absolute Gasteiger partial charge is 0.0702 e. The largest absolute Gasteiger partial charge is 0.256 e. The van der Waals surface area contributed by atoms with Gasteiger partial charge in [0.15, 0.2) is 0 Å². The Morgan fingerprint density at radius 2 is 2.36 bits per heavy atom. The molecule has 2 aromatic rings. The van der Waals surface area contributed by atoms with E-state index in [0.717, 1.165) is 10.9 Å². The summed E-state index contributed by atoms with van der Waals surface area (Å²) in [4.78, 5) is 4.10. The molecule has 1 nitrogen and oxygen atoms in total. The topological polar surface area (TPSA) is 12.9 Å². The average Bonchev–Trinajstić information content (AvgIpc) is 2.07. The summed E-state index contributed by atoms with van der Waals surface area (Å²) in [7, 11) is 0. The molecule has 0 radical (unpaired) electrons. The molecular weight excluding hydrogens is 158 g/mol. The first-order chi connectivity index (χ1) is 5.77. The molecule has 11 heavy (non-hydrogen) atoms. The van der Waals surface area contributed by atoms with E-state index in [9.17, 15) is 0 Å². The van der Waals surface area contributed by atoms with Crippen LogP contribution in [0.15, 0.2) is 36.5 Å². The minimum absolute atomic E-state index is 0.461. The molecule has 0 saturated heterocycles. The lowest BCUT2D eigenvalue weighted by Gasteiger charge is -1.94. The Kier molecular flexibility index (Phi) is 1.27. The lowest BCUT2D eigenvalue weighted by Crippen LogP contribution is -1.75. The van der Waals surface area contributed by atoms with Crippen molar-refractivity contribution in [2.75, 3.05) is 0 Å². The fourth-order valence-electron chi connectivity index (χ4n) is 0.981. The van der Waals surface area contributed by atoms with Crippen molar-refractivity contribution in [3.8, 4) is 0 Å². The van der Waals surface area contributed by atoms with Gasteiger partial charge in [-0.25, -0.2) is 0 Å². The molecule has 0 aliphatic carbocycles. The molecule has 0 aliphatic rings. The van der Waals surface area contributed by atoms with E-state index in [-0.39, 0.29) is 0 Å². The van der Waals surface area contributed by atoms with Gasteiger partial charge >= 0.3 is 0 Å². The molecule has 0 fully saturated rings. The Morgan fingerprint density at radius 3 is 3.27 bits per heavy atom. The van der Waals surface area contributed by atoms with Crippen LogP contribution >= 0.6 is 11.6 Å². The van der Waals surface area contributed by atoms with Crippen molar-refractivity contribution in [3.05, 3.63) is 41.5 Å². The number of aromatic nitrogens is 1. The molecule has 2 rings (SSSR count). The van der Waals surface area contributed by atoms with Crippen LogP contribution in [0.1, 0.15) is 1.37 Å². The number of rotatable bonds is 0. The van der Waals surface area contributed by atoms with E-state index in [0.29, 0.717) is 11.1 Å². The lowest BCUT2D eigenvalue weighted by atomic mass is 10.2. The van der Waals surface area contributed by atoms with Crippen LogP contribution in [-0.4, -0.2) is 4.98 Å². The summed E-state index contributed by atoms with van der Waals surface area (Å²) in [5.41, 5.74) is 0.812. The highest BCUT2D eigenvalue weighted by Crippen LogP contribution is 2.16. The monoisotopic (exact) mass is 164 g/mol. The van der Waals surface area contributed by atoms with Gasteiger partial charge in [0.05, 0.1) is 6.89 Å². The van der Waals surface area contributed by atoms with Gasteiger partial charge in [0.25, 0.3) is 0 Å². The first-order valence-corrected chi connectivity index (χ1v) is 3.66. The number of halogens is 1. The summed E-state index contributed by atoms with van der Waals surface area (Å²) < 4.78 is 7.56. The van der Waals surface area contributed by atoms with Crippen LogP contribution in [0.25, 0.3) is 10.9 Å². The molecule has 0 N–H and O–H groups in total. The minimum atomic E-state index is 0.461. The highest BCUT2D eigenvalue weighted by molar-refractivity contribution is 6.31. The van der Waals surface area contributed by atoms with Crippen molar-refractivity contribution in [2.24, 2.45) is 0 Å². The van der Waals surface area contributed by atoms with Crippen LogP contribution in [0.3, 0.4) is 0 Å². The number of hydrogen-bond donors (Lipinski definition) is 0. The second-order valence-electron chi connectivity index (χ2n) is 2.25. The third-order valence-corrected chi connectivity index (χ3v) is 1.72. The third kappa shape index (κ3) is 1.19. The van der Waals surface area contributed by atoms with E-state index in [1.807, 2.05) is 6.07 Å². The van der Waals surface area contributed by atoms with Crippen molar-refractivity contribution in [1.82, 2.24) is 4.98 Å². The van der Waals surface area contributed by atoms with Crippen LogP contribution in [0.5, 0.6) is 0 Å². The molecule has 0 amide bonds. The number of nitrogens with zero attached hydrogens (tertiary/aromatic N) is 1. The third-order valence-electron chi connectivity index (χ3n) is 1.49. The highest BCUT2D eigenvalue weighted by Gasteiger charge is 1.92. The SMILES string of the molecule is [2H]c1ccnc2ccc(Cl)cc12. The van der Waals surface area contributed by atoms with Gasteiger partial charge in [-0.1, -0.05) is 17.6 Å². The van der Waals surface area contributed by atoms with Gasteiger partial charge in [-0.3, -0.25) is 4.98 Å². The van der Waals surface area contributed by atoms with Crippen LogP contribution in [0, 0.1) is 0 Å². The van der Waals surface area contributed by atoms with E-state index in [2.05, 4.69) is 4.98 Å². The van der Waals surface area contributed by atoms with Gasteiger partial charge in [-0.2, -0.15) is 0 Å². The number of pyridine rings is 1. The first kappa shape index (κ1) is 5.56. The zero-order valence-corrected chi connectivity index (χ0v) is 6.47. The molecule has 54 valence electrons. The Balaban J connectivity index is 2.88. The summed E-state index contributed by atoms with van der Waals surface area (Å²) in [5.74, 6) is 0. The van der Waals surface area contributed by atoms with Gasteiger partial charge in [0, 0.05) is 16.6 Å². The van der Waals surface area contributed by atoms with Crippen molar-refractivity contribution in [2.45, 2.75) is 0 Å². The van der Waals surface area contributed by atoms with Gasteiger partial charge in [-0.05, 0) is 24.3 Å². The summed E-state index contributed by atoms with van der Waals surface area (Å²) in [6, 6.07) is 7.46. The summed E-state index contributed by atoms with van der Waals surface area (Å²) in [6.07, 6.45) is 1.62. The minimum Gasteiger partial charge on any atom is -0.256 e. The van der Waals surface area contributed by atoms with Gasteiger partial charge in [-0.15, -0.1) is 0 Å². The van der Waals surface area contributed by atoms with Gasteiger partial charge in [0.1, 0.15) is 0 Å². The predicted molar refractivity (Wildman–Crippen MR) is 46.8 cm³/mol. The Bertz CT molecular complexity index is 428. The van der Waals surface area contributed by atoms with E-state index in [1.165, 1.54) is 0 Å². The Hall–Kier alpha value is -1.08. The van der Waals surface area contributed by atoms with Crippen LogP contribution < -0.4 is 0 Å². The molecule has 0 spiro atoms. The van der Waals surface area contributed by atoms with Gasteiger partial charge in [0.2, 0.25) is 0 Å². The van der Waals surface area contributed by atoms with E-state index in [4.69, 9.17) is 13.0 Å². The Morgan fingerprint density at radius 1 is 1.45 bits per heavy atom. The molecule has 0 aliphatic heterocycles. The van der Waals surface area contributed by atoms with Crippen molar-refractivity contribution >= 4 is 22.5 Å². The highest BCUT2D eigenvalue weighted by atomic mass is 35.5. The van der Waals surface area contributed by atoms with E-state index >= 15 is 0 Å². The number of fused-ring (bicyclic) bond motifs is 1. The van der Waals surface area contributed by atoms with E-state index < -0.39 is 0 Å². The molecule has 0 saturated carbocycles. The number of benzene rings is 1. The van der Waals surface area contributed by atoms with Crippen molar-refractivity contribution < 1.29 is 1.37 Å². The van der Waals surface area contributed by atoms with Gasteiger partial charge < -0.3 is 0 Å². The summed E-state index contributed by atoms with van der Waals surface area (Å²) in [5, 5.41) is 1.44. The molecule has 2 heteroatoms. The van der Waals surface area contributed by atoms with Crippen LogP contribution in [0.2, 0.25) is 5.02 Å². The number of hydrogen-bond acceptors (Lipinski definition) is 1. The van der Waals surface area contributed by atoms with Crippen LogP contribution in [-0.2, 0) is 0 Å². The maximum Gasteiger partial charge on any atom is 0.0702 e. The van der Waals surface area contributed by atoms with Crippen molar-refractivity contribution in [3.63, 3.8) is 0 Å². The predicted octanol–water partition coefficient (Wildman–Crippen LogP) is 2.89. The van der Waals surface area contributed by atoms with Crippen molar-refractivity contribution in [1.29, 1.82) is 0 Å². The molecule has 0 bridgehead atoms. The fourth-order valence-corrected chi connectivity index (χ4v) is 1.15. The molecule has 1 aromatic carbocycles. The maximum absolute atomic E-state index is 7.56. The zero-order valence-electron chi connectivity index (χ0n) is 6.71. The summed E-state index contributed by atoms with van der Waals surface area (Å²) >= 11 is 5.78. The second kappa shape index (κ2) is 2.51. The average molecular weight is 165 g/mol. The molecular formula is C9H6ClN. The zero-order chi connectivity index (χ0) is 8.55. The van der Waals surface area contributed by atoms with E-state index in [1.54, 1.807) is 24.4 Å². The first-order valence-electron chi connectivity index (χ1n) is 3.78. The molecule has 1 aromatic heterocycles. The quantitative estimate of drug-likeness (QED) is 0.584.